The van der Waals surface area contributed by atoms with Crippen LogP contribution in [0.1, 0.15) is 39.7 Å². The number of hydrogen-bond acceptors (Lipinski definition) is 2. The van der Waals surface area contributed by atoms with Crippen molar-refractivity contribution in [3.63, 3.8) is 0 Å². The molecule has 0 aliphatic carbocycles. The highest BCUT2D eigenvalue weighted by Crippen LogP contribution is 2.33. The summed E-state index contributed by atoms with van der Waals surface area (Å²) in [5.41, 5.74) is 3.21. The van der Waals surface area contributed by atoms with Gasteiger partial charge in [0.15, 0.2) is 0 Å². The molecule has 0 radical (unpaired) electrons. The summed E-state index contributed by atoms with van der Waals surface area (Å²) in [5.74, 6) is 0.192. The van der Waals surface area contributed by atoms with E-state index in [1.807, 2.05) is 13.1 Å². The van der Waals surface area contributed by atoms with Crippen LogP contribution in [0.5, 0.6) is 0 Å². The van der Waals surface area contributed by atoms with E-state index in [0.29, 0.717) is 13.9 Å². The minimum atomic E-state index is -0.222. The Bertz CT molecular complexity index is 552. The van der Waals surface area contributed by atoms with Crippen LogP contribution in [0, 0.1) is 0 Å². The van der Waals surface area contributed by atoms with E-state index in [-0.39, 0.29) is 16.7 Å². The van der Waals surface area contributed by atoms with Crippen molar-refractivity contribution >= 4 is 33.8 Å². The van der Waals surface area contributed by atoms with Crippen LogP contribution in [0.25, 0.3) is 0 Å². The standard InChI is InChI=1S/C16H25BNO2P/c1-15(2,16(3,4)21)20-17-12-7-8-13-11(10-12)6-9-14(19)18(13)5/h7-8,10,17H,6,9,21H2,1-5H3. The molecule has 114 valence electrons. The SMILES string of the molecule is CN1C(=O)CCc2cc(BOC(C)(C)C(C)(C)P)ccc21. The largest absolute Gasteiger partial charge is 0.429 e. The summed E-state index contributed by atoms with van der Waals surface area (Å²) < 4.78 is 6.12. The Labute approximate surface area is 130 Å². The fourth-order valence-electron chi connectivity index (χ4n) is 2.25. The number of carbonyl (C=O) groups is 1. The zero-order valence-electron chi connectivity index (χ0n) is 13.7. The summed E-state index contributed by atoms with van der Waals surface area (Å²) in [5, 5.41) is 0.00778. The van der Waals surface area contributed by atoms with Crippen molar-refractivity contribution in [1.29, 1.82) is 0 Å². The summed E-state index contributed by atoms with van der Waals surface area (Å²) in [6.45, 7) is 8.55. The number of rotatable bonds is 4. The van der Waals surface area contributed by atoms with Crippen LogP contribution in [-0.4, -0.2) is 31.2 Å². The van der Waals surface area contributed by atoms with Gasteiger partial charge in [-0.25, -0.2) is 0 Å². The van der Waals surface area contributed by atoms with E-state index >= 15 is 0 Å². The second-order valence-electron chi connectivity index (χ2n) is 6.94. The maximum absolute atomic E-state index is 11.7. The van der Waals surface area contributed by atoms with E-state index in [9.17, 15) is 4.79 Å². The molecule has 0 spiro atoms. The molecule has 0 bridgehead atoms. The van der Waals surface area contributed by atoms with Crippen LogP contribution in [-0.2, 0) is 15.9 Å². The molecule has 1 heterocycles. The lowest BCUT2D eigenvalue weighted by Gasteiger charge is -2.39. The third-order valence-corrected chi connectivity index (χ3v) is 5.33. The predicted molar refractivity (Wildman–Crippen MR) is 93.9 cm³/mol. The van der Waals surface area contributed by atoms with Gasteiger partial charge in [-0.1, -0.05) is 31.4 Å². The van der Waals surface area contributed by atoms with Gasteiger partial charge in [-0.05, 0) is 31.9 Å². The summed E-state index contributed by atoms with van der Waals surface area (Å²) in [4.78, 5) is 13.5. The fraction of sp³-hybridized carbons (Fsp3) is 0.562. The lowest BCUT2D eigenvalue weighted by Crippen LogP contribution is -2.45. The lowest BCUT2D eigenvalue weighted by atomic mass is 9.82. The Morgan fingerprint density at radius 1 is 1.24 bits per heavy atom. The maximum Gasteiger partial charge on any atom is 0.309 e. The Morgan fingerprint density at radius 2 is 1.90 bits per heavy atom. The topological polar surface area (TPSA) is 29.5 Å². The second-order valence-corrected chi connectivity index (χ2v) is 8.38. The average Bonchev–Trinajstić information content (AvgIpc) is 2.39. The van der Waals surface area contributed by atoms with Gasteiger partial charge in [0, 0.05) is 24.3 Å². The minimum absolute atomic E-state index is 0.00778. The average molecular weight is 305 g/mol. The highest BCUT2D eigenvalue weighted by molar-refractivity contribution is 7.19. The molecule has 0 saturated heterocycles. The monoisotopic (exact) mass is 305 g/mol. The number of amides is 1. The zero-order valence-corrected chi connectivity index (χ0v) is 14.8. The van der Waals surface area contributed by atoms with Gasteiger partial charge in [-0.3, -0.25) is 4.79 Å². The van der Waals surface area contributed by atoms with Crippen molar-refractivity contribution in [3.05, 3.63) is 23.8 Å². The van der Waals surface area contributed by atoms with Gasteiger partial charge in [0.1, 0.15) is 0 Å². The Hall–Kier alpha value is -0.855. The number of hydrogen-bond donors (Lipinski definition) is 0. The molecule has 1 aliphatic rings. The molecule has 5 heteroatoms. The lowest BCUT2D eigenvalue weighted by molar-refractivity contribution is -0.118. The van der Waals surface area contributed by atoms with Crippen molar-refractivity contribution in [1.82, 2.24) is 0 Å². The van der Waals surface area contributed by atoms with E-state index in [1.54, 1.807) is 4.90 Å². The number of aryl methyl sites for hydroxylation is 1. The van der Waals surface area contributed by atoms with Gasteiger partial charge >= 0.3 is 7.48 Å². The molecule has 0 fully saturated rings. The van der Waals surface area contributed by atoms with Crippen molar-refractivity contribution in [3.8, 4) is 0 Å². The molecule has 1 aliphatic heterocycles. The van der Waals surface area contributed by atoms with Gasteiger partial charge in [0.2, 0.25) is 5.91 Å². The van der Waals surface area contributed by atoms with Gasteiger partial charge < -0.3 is 9.55 Å². The van der Waals surface area contributed by atoms with E-state index < -0.39 is 0 Å². The first kappa shape index (κ1) is 16.5. The highest BCUT2D eigenvalue weighted by Gasteiger charge is 2.33. The van der Waals surface area contributed by atoms with Crippen molar-refractivity contribution < 1.29 is 9.45 Å². The van der Waals surface area contributed by atoms with E-state index in [4.69, 9.17) is 4.65 Å². The number of anilines is 1. The van der Waals surface area contributed by atoms with Crippen molar-refractivity contribution in [2.75, 3.05) is 11.9 Å². The molecule has 0 saturated carbocycles. The molecule has 0 N–H and O–H groups in total. The third-order valence-electron chi connectivity index (χ3n) is 4.64. The molecular weight excluding hydrogens is 280 g/mol. The first-order valence-corrected chi connectivity index (χ1v) is 8.01. The third kappa shape index (κ3) is 3.49. The van der Waals surface area contributed by atoms with Crippen molar-refractivity contribution in [2.45, 2.75) is 51.3 Å². The highest BCUT2D eigenvalue weighted by atomic mass is 31.0. The first-order valence-electron chi connectivity index (χ1n) is 7.43. The van der Waals surface area contributed by atoms with Gasteiger partial charge in [-0.2, -0.15) is 0 Å². The first-order chi connectivity index (χ1) is 9.62. The molecule has 1 atom stereocenters. The maximum atomic E-state index is 11.7. The summed E-state index contributed by atoms with van der Waals surface area (Å²) in [6, 6.07) is 6.26. The zero-order chi connectivity index (χ0) is 15.8. The van der Waals surface area contributed by atoms with Crippen LogP contribution < -0.4 is 10.4 Å². The van der Waals surface area contributed by atoms with Crippen LogP contribution in [0.2, 0.25) is 0 Å². The van der Waals surface area contributed by atoms with Gasteiger partial charge in [0.05, 0.1) is 5.60 Å². The van der Waals surface area contributed by atoms with Gasteiger partial charge in [-0.15, -0.1) is 9.24 Å². The van der Waals surface area contributed by atoms with Gasteiger partial charge in [0.25, 0.3) is 0 Å². The smallest absolute Gasteiger partial charge is 0.309 e. The Morgan fingerprint density at radius 3 is 2.52 bits per heavy atom. The molecule has 1 aromatic rings. The Kier molecular flexibility index (Phi) is 4.51. The van der Waals surface area contributed by atoms with Crippen LogP contribution >= 0.6 is 9.24 Å². The Balaban J connectivity index is 2.12. The van der Waals surface area contributed by atoms with E-state index in [0.717, 1.165) is 12.1 Å². The molecule has 1 unspecified atom stereocenters. The summed E-state index contributed by atoms with van der Waals surface area (Å²) >= 11 is 0. The molecule has 21 heavy (non-hydrogen) atoms. The number of fused-ring (bicyclic) bond motifs is 1. The number of benzene rings is 1. The van der Waals surface area contributed by atoms with E-state index in [1.165, 1.54) is 11.0 Å². The fourth-order valence-corrected chi connectivity index (χ4v) is 2.33. The molecule has 0 aromatic heterocycles. The van der Waals surface area contributed by atoms with Crippen molar-refractivity contribution in [2.24, 2.45) is 0 Å². The second kappa shape index (κ2) is 5.74. The van der Waals surface area contributed by atoms with Crippen LogP contribution in [0.3, 0.4) is 0 Å². The van der Waals surface area contributed by atoms with Crippen LogP contribution in [0.15, 0.2) is 18.2 Å². The normalized spacial score (nSPS) is 15.9. The molecule has 1 aromatic carbocycles. The quantitative estimate of drug-likeness (QED) is 0.629. The molecule has 3 nitrogen and oxygen atoms in total. The molecule has 1 amide bonds. The summed E-state index contributed by atoms with van der Waals surface area (Å²) in [6.07, 6.45) is 1.42. The predicted octanol–water partition coefficient (Wildman–Crippen LogP) is 2.02. The molecule has 2 rings (SSSR count). The minimum Gasteiger partial charge on any atom is -0.429 e. The van der Waals surface area contributed by atoms with Crippen LogP contribution in [0.4, 0.5) is 5.69 Å². The number of nitrogens with zero attached hydrogens (tertiary/aromatic N) is 1. The number of carbonyl (C=O) groups excluding carboxylic acids is 1. The molecular formula is C16H25BNO2P. The van der Waals surface area contributed by atoms with E-state index in [2.05, 4.69) is 49.1 Å². The summed E-state index contributed by atoms with van der Waals surface area (Å²) in [7, 11) is 5.29.